The highest BCUT2D eigenvalue weighted by Crippen LogP contribution is 2.37. The molecule has 2 aromatic rings. The lowest BCUT2D eigenvalue weighted by atomic mass is 9.83. The third kappa shape index (κ3) is 2.18. The third-order valence-electron chi connectivity index (χ3n) is 3.49. The van der Waals surface area contributed by atoms with E-state index in [0.717, 1.165) is 6.07 Å². The van der Waals surface area contributed by atoms with Crippen LogP contribution >= 0.6 is 11.6 Å². The molecule has 1 N–H and O–H groups in total. The summed E-state index contributed by atoms with van der Waals surface area (Å²) in [6.07, 6.45) is 4.70. The molecule has 1 heterocycles. The fourth-order valence-electron chi connectivity index (χ4n) is 2.50. The lowest BCUT2D eigenvalue weighted by Crippen LogP contribution is -2.23. The Kier molecular flexibility index (Phi) is 3.22. The van der Waals surface area contributed by atoms with Gasteiger partial charge in [0.05, 0.1) is 16.9 Å². The quantitative estimate of drug-likeness (QED) is 0.857. The number of carboxylic acid groups (broad SMARTS) is 1. The minimum absolute atomic E-state index is 0.136. The molecule has 1 aliphatic rings. The van der Waals surface area contributed by atoms with Crippen molar-refractivity contribution in [2.75, 3.05) is 0 Å². The average molecular weight is 296 g/mol. The van der Waals surface area contributed by atoms with E-state index >= 15 is 0 Å². The summed E-state index contributed by atoms with van der Waals surface area (Å²) in [5.41, 5.74) is 0.602. The van der Waals surface area contributed by atoms with E-state index in [1.54, 1.807) is 0 Å². The smallest absolute Gasteiger partial charge is 0.307 e. The number of allylic oxidation sites excluding steroid dienone is 2. The maximum Gasteiger partial charge on any atom is 0.307 e. The first-order valence-electron chi connectivity index (χ1n) is 6.19. The number of carbonyl (C=O) groups is 1. The van der Waals surface area contributed by atoms with Crippen LogP contribution in [0.25, 0.3) is 11.1 Å². The van der Waals surface area contributed by atoms with Gasteiger partial charge in [0.2, 0.25) is 0 Å². The number of aliphatic carboxylic acids is 1. The number of carboxylic acids is 1. The summed E-state index contributed by atoms with van der Waals surface area (Å²) in [4.78, 5) is 15.5. The summed E-state index contributed by atoms with van der Waals surface area (Å²) < 4.78 is 18.8. The Bertz CT molecular complexity index is 710. The highest BCUT2D eigenvalue weighted by Gasteiger charge is 2.33. The van der Waals surface area contributed by atoms with Gasteiger partial charge in [-0.1, -0.05) is 23.8 Å². The Morgan fingerprint density at radius 3 is 2.90 bits per heavy atom. The second-order valence-electron chi connectivity index (χ2n) is 4.78. The molecule has 1 aromatic heterocycles. The standard InChI is InChI=1S/C14H11ClFNO3/c15-10-5-7(16)6-11-12(10)20-13(17-11)8-3-1-2-4-9(8)14(18)19/h1-2,5-6,8-9H,3-4H2,(H,18,19)/t8-,9+/m1/s1. The van der Waals surface area contributed by atoms with E-state index in [4.69, 9.17) is 16.0 Å². The van der Waals surface area contributed by atoms with Crippen molar-refractivity contribution in [3.8, 4) is 0 Å². The summed E-state index contributed by atoms with van der Waals surface area (Å²) in [7, 11) is 0. The van der Waals surface area contributed by atoms with Gasteiger partial charge in [-0.15, -0.1) is 0 Å². The van der Waals surface area contributed by atoms with E-state index in [2.05, 4.69) is 4.98 Å². The molecule has 0 saturated heterocycles. The first kappa shape index (κ1) is 13.1. The van der Waals surface area contributed by atoms with Crippen molar-refractivity contribution in [1.29, 1.82) is 0 Å². The van der Waals surface area contributed by atoms with Gasteiger partial charge in [0.1, 0.15) is 11.3 Å². The minimum atomic E-state index is -0.890. The Morgan fingerprint density at radius 2 is 2.15 bits per heavy atom. The maximum atomic E-state index is 13.3. The Labute approximate surface area is 118 Å². The minimum Gasteiger partial charge on any atom is -0.481 e. The summed E-state index contributed by atoms with van der Waals surface area (Å²) in [6.45, 7) is 0. The lowest BCUT2D eigenvalue weighted by Gasteiger charge is -2.21. The second-order valence-corrected chi connectivity index (χ2v) is 5.19. The van der Waals surface area contributed by atoms with Gasteiger partial charge in [-0.05, 0) is 18.9 Å². The average Bonchev–Trinajstić information content (AvgIpc) is 2.82. The van der Waals surface area contributed by atoms with Gasteiger partial charge in [-0.25, -0.2) is 9.37 Å². The van der Waals surface area contributed by atoms with Crippen molar-refractivity contribution in [2.24, 2.45) is 5.92 Å². The molecule has 0 fully saturated rings. The normalized spacial score (nSPS) is 22.3. The van der Waals surface area contributed by atoms with Gasteiger partial charge in [0.15, 0.2) is 11.5 Å². The molecule has 0 amide bonds. The van der Waals surface area contributed by atoms with Crippen molar-refractivity contribution >= 4 is 28.7 Å². The number of aromatic nitrogens is 1. The number of nitrogens with zero attached hydrogens (tertiary/aromatic N) is 1. The summed E-state index contributed by atoms with van der Waals surface area (Å²) >= 11 is 5.91. The molecule has 1 aromatic carbocycles. The van der Waals surface area contributed by atoms with Gasteiger partial charge in [-0.3, -0.25) is 4.79 Å². The van der Waals surface area contributed by atoms with Crippen LogP contribution in [0.15, 0.2) is 28.7 Å². The van der Waals surface area contributed by atoms with E-state index < -0.39 is 17.7 Å². The molecule has 1 aliphatic carbocycles. The van der Waals surface area contributed by atoms with Crippen LogP contribution < -0.4 is 0 Å². The second kappa shape index (κ2) is 4.90. The van der Waals surface area contributed by atoms with E-state index in [1.807, 2.05) is 12.2 Å². The molecule has 20 heavy (non-hydrogen) atoms. The third-order valence-corrected chi connectivity index (χ3v) is 3.77. The largest absolute Gasteiger partial charge is 0.481 e. The summed E-state index contributed by atoms with van der Waals surface area (Å²) in [5.74, 6) is -2.04. The Morgan fingerprint density at radius 1 is 1.40 bits per heavy atom. The molecule has 104 valence electrons. The zero-order chi connectivity index (χ0) is 14.3. The van der Waals surface area contributed by atoms with E-state index in [9.17, 15) is 14.3 Å². The highest BCUT2D eigenvalue weighted by atomic mass is 35.5. The molecule has 0 unspecified atom stereocenters. The molecule has 4 nitrogen and oxygen atoms in total. The molecular formula is C14H11ClFNO3. The van der Waals surface area contributed by atoms with E-state index in [-0.39, 0.29) is 10.9 Å². The molecule has 6 heteroatoms. The van der Waals surface area contributed by atoms with Crippen LogP contribution in [0.2, 0.25) is 5.02 Å². The van der Waals surface area contributed by atoms with Gasteiger partial charge in [0, 0.05) is 6.07 Å². The maximum absolute atomic E-state index is 13.3. The summed E-state index contributed by atoms with van der Waals surface area (Å²) in [6, 6.07) is 2.37. The highest BCUT2D eigenvalue weighted by molar-refractivity contribution is 6.34. The van der Waals surface area contributed by atoms with Crippen LogP contribution in [-0.4, -0.2) is 16.1 Å². The molecule has 0 radical (unpaired) electrons. The van der Waals surface area contributed by atoms with Crippen LogP contribution in [0.1, 0.15) is 24.7 Å². The molecule has 0 aliphatic heterocycles. The topological polar surface area (TPSA) is 63.3 Å². The fourth-order valence-corrected chi connectivity index (χ4v) is 2.74. The SMILES string of the molecule is O=C(O)[C@H]1CC=CC[C@H]1c1nc2cc(F)cc(Cl)c2o1. The van der Waals surface area contributed by atoms with Gasteiger partial charge in [-0.2, -0.15) is 0 Å². The molecule has 0 bridgehead atoms. The van der Waals surface area contributed by atoms with Crippen LogP contribution in [0, 0.1) is 11.7 Å². The predicted molar refractivity (Wildman–Crippen MR) is 71.2 cm³/mol. The fraction of sp³-hybridized carbons (Fsp3) is 0.286. The van der Waals surface area contributed by atoms with Gasteiger partial charge >= 0.3 is 5.97 Å². The number of fused-ring (bicyclic) bond motifs is 1. The predicted octanol–water partition coefficient (Wildman–Crippen LogP) is 3.75. The number of hydrogen-bond acceptors (Lipinski definition) is 3. The Balaban J connectivity index is 2.07. The number of halogens is 2. The first-order valence-corrected chi connectivity index (χ1v) is 6.57. The monoisotopic (exact) mass is 295 g/mol. The van der Waals surface area contributed by atoms with Gasteiger partial charge in [0.25, 0.3) is 0 Å². The van der Waals surface area contributed by atoms with Crippen molar-refractivity contribution in [3.05, 3.63) is 41.0 Å². The zero-order valence-electron chi connectivity index (χ0n) is 10.3. The van der Waals surface area contributed by atoms with E-state index in [0.29, 0.717) is 29.8 Å². The molecule has 2 atom stereocenters. The van der Waals surface area contributed by atoms with Crippen LogP contribution in [-0.2, 0) is 4.79 Å². The molecule has 0 spiro atoms. The van der Waals surface area contributed by atoms with Crippen LogP contribution in [0.3, 0.4) is 0 Å². The molecule has 3 rings (SSSR count). The zero-order valence-corrected chi connectivity index (χ0v) is 11.1. The Hall–Kier alpha value is -1.88. The van der Waals surface area contributed by atoms with E-state index in [1.165, 1.54) is 6.07 Å². The molecule has 0 saturated carbocycles. The molecular weight excluding hydrogens is 285 g/mol. The first-order chi connectivity index (χ1) is 9.56. The lowest BCUT2D eigenvalue weighted by molar-refractivity contribution is -0.142. The number of hydrogen-bond donors (Lipinski definition) is 1. The van der Waals surface area contributed by atoms with Crippen molar-refractivity contribution in [3.63, 3.8) is 0 Å². The number of oxazole rings is 1. The van der Waals surface area contributed by atoms with Crippen molar-refractivity contribution in [1.82, 2.24) is 4.98 Å². The summed E-state index contributed by atoms with van der Waals surface area (Å²) in [5, 5.41) is 9.39. The van der Waals surface area contributed by atoms with Crippen LogP contribution in [0.5, 0.6) is 0 Å². The number of benzene rings is 1. The number of rotatable bonds is 2. The van der Waals surface area contributed by atoms with Crippen LogP contribution in [0.4, 0.5) is 4.39 Å². The van der Waals surface area contributed by atoms with Gasteiger partial charge < -0.3 is 9.52 Å². The van der Waals surface area contributed by atoms with Crippen molar-refractivity contribution in [2.45, 2.75) is 18.8 Å². The van der Waals surface area contributed by atoms with Crippen molar-refractivity contribution < 1.29 is 18.7 Å².